The van der Waals surface area contributed by atoms with E-state index in [4.69, 9.17) is 4.74 Å². The fourth-order valence-corrected chi connectivity index (χ4v) is 3.51. The molecule has 23 heavy (non-hydrogen) atoms. The van der Waals surface area contributed by atoms with E-state index in [0.717, 1.165) is 12.8 Å². The van der Waals surface area contributed by atoms with Crippen molar-refractivity contribution < 1.29 is 14.3 Å². The first-order valence-electron chi connectivity index (χ1n) is 8.35. The van der Waals surface area contributed by atoms with Crippen LogP contribution in [0.5, 0.6) is 0 Å². The van der Waals surface area contributed by atoms with Crippen LogP contribution in [0, 0.1) is 5.41 Å². The maximum Gasteiger partial charge on any atom is 0.409 e. The first-order valence-corrected chi connectivity index (χ1v) is 8.35. The van der Waals surface area contributed by atoms with Gasteiger partial charge in [0, 0.05) is 32.3 Å². The van der Waals surface area contributed by atoms with E-state index in [9.17, 15) is 9.59 Å². The molecule has 5 nitrogen and oxygen atoms in total. The van der Waals surface area contributed by atoms with Crippen molar-refractivity contribution in [2.45, 2.75) is 40.0 Å². The van der Waals surface area contributed by atoms with Crippen LogP contribution in [-0.4, -0.2) is 55.1 Å². The lowest BCUT2D eigenvalue weighted by atomic mass is 9.72. The zero-order chi connectivity index (χ0) is 17.0. The second-order valence-corrected chi connectivity index (χ2v) is 7.05. The van der Waals surface area contributed by atoms with Gasteiger partial charge in [0.25, 0.3) is 0 Å². The van der Waals surface area contributed by atoms with Crippen LogP contribution < -0.4 is 0 Å². The maximum absolute atomic E-state index is 12.4. The van der Waals surface area contributed by atoms with Crippen LogP contribution in [0.2, 0.25) is 0 Å². The molecule has 1 aliphatic carbocycles. The Bertz CT molecular complexity index is 526. The summed E-state index contributed by atoms with van der Waals surface area (Å²) >= 11 is 0. The van der Waals surface area contributed by atoms with Crippen LogP contribution >= 0.6 is 0 Å². The zero-order valence-electron chi connectivity index (χ0n) is 14.7. The Labute approximate surface area is 139 Å². The first kappa shape index (κ1) is 17.6. The summed E-state index contributed by atoms with van der Waals surface area (Å²) in [5.41, 5.74) is 2.83. The molecule has 0 aromatic rings. The fraction of sp³-hybridized carbons (Fsp3) is 0.667. The quantitative estimate of drug-likeness (QED) is 0.735. The lowest BCUT2D eigenvalue weighted by Crippen LogP contribution is -2.50. The Morgan fingerprint density at radius 3 is 2.30 bits per heavy atom. The molecule has 0 aromatic heterocycles. The summed E-state index contributed by atoms with van der Waals surface area (Å²) in [5.74, 6) is 0.0242. The van der Waals surface area contributed by atoms with E-state index in [0.29, 0.717) is 26.2 Å². The van der Waals surface area contributed by atoms with Crippen LogP contribution in [0.25, 0.3) is 0 Å². The molecule has 0 bridgehead atoms. The van der Waals surface area contributed by atoms with Gasteiger partial charge in [-0.25, -0.2) is 4.79 Å². The topological polar surface area (TPSA) is 49.9 Å². The number of rotatable bonds is 2. The van der Waals surface area contributed by atoms with Crippen molar-refractivity contribution in [2.24, 2.45) is 5.41 Å². The predicted octanol–water partition coefficient (Wildman–Crippen LogP) is 2.98. The van der Waals surface area contributed by atoms with Crippen molar-refractivity contribution in [3.8, 4) is 0 Å². The highest BCUT2D eigenvalue weighted by Crippen LogP contribution is 2.40. The van der Waals surface area contributed by atoms with Gasteiger partial charge in [-0.05, 0) is 37.2 Å². The van der Waals surface area contributed by atoms with Crippen molar-refractivity contribution in [3.63, 3.8) is 0 Å². The number of methoxy groups -OCH3 is 1. The van der Waals surface area contributed by atoms with Gasteiger partial charge in [0.2, 0.25) is 5.91 Å². The van der Waals surface area contributed by atoms with Gasteiger partial charge in [-0.15, -0.1) is 0 Å². The highest BCUT2D eigenvalue weighted by Gasteiger charge is 2.27. The van der Waals surface area contributed by atoms with Crippen molar-refractivity contribution in [2.75, 3.05) is 33.3 Å². The second-order valence-electron chi connectivity index (χ2n) is 7.05. The molecule has 5 heteroatoms. The fourth-order valence-electron chi connectivity index (χ4n) is 3.51. The molecule has 0 N–H and O–H groups in total. The summed E-state index contributed by atoms with van der Waals surface area (Å²) < 4.78 is 4.71. The molecule has 2 aliphatic rings. The Morgan fingerprint density at radius 1 is 1.13 bits per heavy atom. The molecule has 1 saturated heterocycles. The predicted molar refractivity (Wildman–Crippen MR) is 90.0 cm³/mol. The summed E-state index contributed by atoms with van der Waals surface area (Å²) in [6.07, 6.45) is 6.88. The molecule has 0 unspecified atom stereocenters. The summed E-state index contributed by atoms with van der Waals surface area (Å²) in [6, 6.07) is 0. The Kier molecular flexibility index (Phi) is 5.50. The summed E-state index contributed by atoms with van der Waals surface area (Å²) in [7, 11) is 1.38. The van der Waals surface area contributed by atoms with Crippen LogP contribution in [0.15, 0.2) is 23.3 Å². The molecule has 1 fully saturated rings. The van der Waals surface area contributed by atoms with Crippen molar-refractivity contribution in [1.29, 1.82) is 0 Å². The molecular weight excluding hydrogens is 292 g/mol. The molecule has 1 aliphatic heterocycles. The molecule has 0 spiro atoms. The van der Waals surface area contributed by atoms with E-state index >= 15 is 0 Å². The number of nitrogens with zero attached hydrogens (tertiary/aromatic N) is 2. The van der Waals surface area contributed by atoms with Gasteiger partial charge in [-0.3, -0.25) is 4.79 Å². The minimum absolute atomic E-state index is 0.0242. The van der Waals surface area contributed by atoms with E-state index in [1.165, 1.54) is 24.7 Å². The van der Waals surface area contributed by atoms with E-state index in [-0.39, 0.29) is 17.4 Å². The summed E-state index contributed by atoms with van der Waals surface area (Å²) in [6.45, 7) is 8.82. The number of hydrogen-bond acceptors (Lipinski definition) is 3. The normalized spacial score (nSPS) is 21.7. The minimum atomic E-state index is -0.322. The maximum atomic E-state index is 12.4. The van der Waals surface area contributed by atoms with Gasteiger partial charge < -0.3 is 14.5 Å². The number of amides is 2. The SMILES string of the molecule is COC(=O)N1CCN(C(=O)/C=C/C2=C(C)CCCC2(C)C)CC1. The number of ether oxygens (including phenoxy) is 1. The van der Waals surface area contributed by atoms with Crippen molar-refractivity contribution in [1.82, 2.24) is 9.80 Å². The van der Waals surface area contributed by atoms with Gasteiger partial charge in [0.15, 0.2) is 0 Å². The van der Waals surface area contributed by atoms with E-state index in [1.807, 2.05) is 6.08 Å². The van der Waals surface area contributed by atoms with Gasteiger partial charge in [-0.1, -0.05) is 25.5 Å². The zero-order valence-corrected chi connectivity index (χ0v) is 14.7. The van der Waals surface area contributed by atoms with Crippen LogP contribution in [0.3, 0.4) is 0 Å². The molecule has 2 amide bonds. The monoisotopic (exact) mass is 320 g/mol. The molecule has 1 heterocycles. The highest BCUT2D eigenvalue weighted by atomic mass is 16.5. The molecule has 2 rings (SSSR count). The third-order valence-electron chi connectivity index (χ3n) is 4.96. The third kappa shape index (κ3) is 4.15. The van der Waals surface area contributed by atoms with Gasteiger partial charge >= 0.3 is 6.09 Å². The minimum Gasteiger partial charge on any atom is -0.453 e. The van der Waals surface area contributed by atoms with E-state index < -0.39 is 0 Å². The average molecular weight is 320 g/mol. The summed E-state index contributed by atoms with van der Waals surface area (Å²) in [4.78, 5) is 27.3. The molecule has 0 atom stereocenters. The molecular formula is C18H28N2O3. The second kappa shape index (κ2) is 7.20. The molecule has 0 saturated carbocycles. The first-order chi connectivity index (χ1) is 10.8. The average Bonchev–Trinajstić information content (AvgIpc) is 2.53. The molecule has 0 aromatic carbocycles. The Balaban J connectivity index is 1.96. The standard InChI is InChI=1S/C18H28N2O3/c1-14-6-5-9-18(2,3)15(14)7-8-16(21)19-10-12-20(13-11-19)17(22)23-4/h7-8H,5-6,9-13H2,1-4H3/b8-7+. The van der Waals surface area contributed by atoms with Gasteiger partial charge in [0.1, 0.15) is 0 Å². The lowest BCUT2D eigenvalue weighted by molar-refractivity contribution is -0.127. The number of hydrogen-bond donors (Lipinski definition) is 0. The largest absolute Gasteiger partial charge is 0.453 e. The molecule has 128 valence electrons. The van der Waals surface area contributed by atoms with Gasteiger partial charge in [0.05, 0.1) is 7.11 Å². The number of carbonyl (C=O) groups is 2. The highest BCUT2D eigenvalue weighted by molar-refractivity contribution is 5.88. The van der Waals surface area contributed by atoms with Crippen molar-refractivity contribution >= 4 is 12.0 Å². The van der Waals surface area contributed by atoms with Crippen LogP contribution in [-0.2, 0) is 9.53 Å². The van der Waals surface area contributed by atoms with E-state index in [1.54, 1.807) is 15.9 Å². The van der Waals surface area contributed by atoms with E-state index in [2.05, 4.69) is 20.8 Å². The van der Waals surface area contributed by atoms with Crippen molar-refractivity contribution in [3.05, 3.63) is 23.3 Å². The smallest absolute Gasteiger partial charge is 0.409 e. The number of piperazine rings is 1. The van der Waals surface area contributed by atoms with Crippen LogP contribution in [0.1, 0.15) is 40.0 Å². The number of allylic oxidation sites excluding steroid dienone is 3. The molecule has 0 radical (unpaired) electrons. The Hall–Kier alpha value is -1.78. The van der Waals surface area contributed by atoms with Crippen LogP contribution in [0.4, 0.5) is 4.79 Å². The lowest BCUT2D eigenvalue weighted by Gasteiger charge is -2.34. The third-order valence-corrected chi connectivity index (χ3v) is 4.96. The number of carbonyl (C=O) groups excluding carboxylic acids is 2. The Morgan fingerprint density at radius 2 is 1.74 bits per heavy atom. The van der Waals surface area contributed by atoms with Gasteiger partial charge in [-0.2, -0.15) is 0 Å². The summed E-state index contributed by atoms with van der Waals surface area (Å²) in [5, 5.41) is 0.